The van der Waals surface area contributed by atoms with Gasteiger partial charge in [0.15, 0.2) is 0 Å². The van der Waals surface area contributed by atoms with E-state index < -0.39 is 0 Å². The second-order valence-corrected chi connectivity index (χ2v) is 3.99. The zero-order valence-corrected chi connectivity index (χ0v) is 10.3. The lowest BCUT2D eigenvalue weighted by Crippen LogP contribution is -2.16. The Bertz CT molecular complexity index is 326. The minimum atomic E-state index is 0.647. The van der Waals surface area contributed by atoms with Crippen LogP contribution in [-0.4, -0.2) is 19.5 Å². The molecule has 0 spiro atoms. The molecule has 0 aliphatic carbocycles. The van der Waals surface area contributed by atoms with Crippen LogP contribution in [0.2, 0.25) is 0 Å². The number of methoxy groups -OCH3 is 1. The number of halogens is 1. The van der Waals surface area contributed by atoms with Gasteiger partial charge in [0, 0.05) is 19.0 Å². The third kappa shape index (κ3) is 3.40. The van der Waals surface area contributed by atoms with Crippen molar-refractivity contribution in [2.24, 2.45) is 0 Å². The van der Waals surface area contributed by atoms with Crippen LogP contribution < -0.4 is 10.1 Å². The monoisotopic (exact) mass is 227 g/mol. The van der Waals surface area contributed by atoms with E-state index in [0.29, 0.717) is 5.88 Å². The largest absolute Gasteiger partial charge is 0.496 e. The summed E-state index contributed by atoms with van der Waals surface area (Å²) < 4.78 is 5.26. The SMILES string of the molecule is COc1cc(C)c(CNCCCl)cc1C. The first kappa shape index (κ1) is 12.3. The Morgan fingerprint density at radius 2 is 2.00 bits per heavy atom. The van der Waals surface area contributed by atoms with Crippen molar-refractivity contribution in [3.63, 3.8) is 0 Å². The highest BCUT2D eigenvalue weighted by Gasteiger charge is 2.03. The summed E-state index contributed by atoms with van der Waals surface area (Å²) in [4.78, 5) is 0. The van der Waals surface area contributed by atoms with E-state index in [9.17, 15) is 0 Å². The molecule has 84 valence electrons. The van der Waals surface area contributed by atoms with Gasteiger partial charge in [0.2, 0.25) is 0 Å². The highest BCUT2D eigenvalue weighted by Crippen LogP contribution is 2.22. The fourth-order valence-electron chi connectivity index (χ4n) is 1.55. The summed E-state index contributed by atoms with van der Waals surface area (Å²) in [6.45, 7) is 5.86. The van der Waals surface area contributed by atoms with Gasteiger partial charge in [-0.05, 0) is 36.6 Å². The maximum atomic E-state index is 5.60. The molecule has 0 bridgehead atoms. The van der Waals surface area contributed by atoms with Gasteiger partial charge in [-0.3, -0.25) is 0 Å². The number of rotatable bonds is 5. The zero-order chi connectivity index (χ0) is 11.3. The molecule has 0 aromatic heterocycles. The van der Waals surface area contributed by atoms with Crippen LogP contribution in [0.4, 0.5) is 0 Å². The molecule has 0 unspecified atom stereocenters. The minimum Gasteiger partial charge on any atom is -0.496 e. The summed E-state index contributed by atoms with van der Waals surface area (Å²) >= 11 is 5.60. The van der Waals surface area contributed by atoms with Gasteiger partial charge in [0.25, 0.3) is 0 Å². The summed E-state index contributed by atoms with van der Waals surface area (Å²) in [5.41, 5.74) is 3.73. The van der Waals surface area contributed by atoms with Crippen LogP contribution in [0.5, 0.6) is 5.75 Å². The number of nitrogens with one attached hydrogen (secondary N) is 1. The highest BCUT2D eigenvalue weighted by atomic mass is 35.5. The van der Waals surface area contributed by atoms with Crippen LogP contribution in [-0.2, 0) is 6.54 Å². The van der Waals surface area contributed by atoms with Crippen molar-refractivity contribution < 1.29 is 4.74 Å². The van der Waals surface area contributed by atoms with Crippen LogP contribution in [0.25, 0.3) is 0 Å². The Morgan fingerprint density at radius 1 is 1.27 bits per heavy atom. The van der Waals surface area contributed by atoms with E-state index in [0.717, 1.165) is 18.8 Å². The predicted molar refractivity (Wildman–Crippen MR) is 64.9 cm³/mol. The summed E-state index contributed by atoms with van der Waals surface area (Å²) in [7, 11) is 1.70. The summed E-state index contributed by atoms with van der Waals surface area (Å²) in [6.07, 6.45) is 0. The van der Waals surface area contributed by atoms with Crippen molar-refractivity contribution in [2.45, 2.75) is 20.4 Å². The lowest BCUT2D eigenvalue weighted by atomic mass is 10.0. The molecule has 0 aliphatic rings. The maximum Gasteiger partial charge on any atom is 0.122 e. The predicted octanol–water partition coefficient (Wildman–Crippen LogP) is 2.64. The summed E-state index contributed by atoms with van der Waals surface area (Å²) in [5, 5.41) is 3.28. The quantitative estimate of drug-likeness (QED) is 0.617. The van der Waals surface area contributed by atoms with Crippen LogP contribution in [0.1, 0.15) is 16.7 Å². The third-order valence-electron chi connectivity index (χ3n) is 2.44. The lowest BCUT2D eigenvalue weighted by molar-refractivity contribution is 0.411. The fraction of sp³-hybridized carbons (Fsp3) is 0.500. The molecule has 0 fully saturated rings. The first-order chi connectivity index (χ1) is 7.19. The van der Waals surface area contributed by atoms with Gasteiger partial charge < -0.3 is 10.1 Å². The molecule has 3 heteroatoms. The van der Waals surface area contributed by atoms with E-state index in [1.165, 1.54) is 16.7 Å². The Morgan fingerprint density at radius 3 is 2.60 bits per heavy atom. The van der Waals surface area contributed by atoms with E-state index in [4.69, 9.17) is 16.3 Å². The minimum absolute atomic E-state index is 0.647. The first-order valence-corrected chi connectivity index (χ1v) is 5.63. The molecular weight excluding hydrogens is 210 g/mol. The Hall–Kier alpha value is -0.730. The molecule has 0 saturated heterocycles. The van der Waals surface area contributed by atoms with Crippen LogP contribution >= 0.6 is 11.6 Å². The molecule has 0 saturated carbocycles. The van der Waals surface area contributed by atoms with Gasteiger partial charge in [0.05, 0.1) is 7.11 Å². The van der Waals surface area contributed by atoms with E-state index in [2.05, 4.69) is 31.3 Å². The molecule has 0 radical (unpaired) electrons. The lowest BCUT2D eigenvalue weighted by Gasteiger charge is -2.11. The van der Waals surface area contributed by atoms with Crippen molar-refractivity contribution >= 4 is 11.6 Å². The van der Waals surface area contributed by atoms with Crippen molar-refractivity contribution in [3.05, 3.63) is 28.8 Å². The van der Waals surface area contributed by atoms with E-state index >= 15 is 0 Å². The van der Waals surface area contributed by atoms with Crippen molar-refractivity contribution in [3.8, 4) is 5.75 Å². The zero-order valence-electron chi connectivity index (χ0n) is 9.56. The Balaban J connectivity index is 2.76. The molecule has 0 atom stereocenters. The topological polar surface area (TPSA) is 21.3 Å². The maximum absolute atomic E-state index is 5.60. The molecule has 1 aromatic carbocycles. The van der Waals surface area contributed by atoms with Gasteiger partial charge in [-0.2, -0.15) is 0 Å². The van der Waals surface area contributed by atoms with Gasteiger partial charge in [-0.25, -0.2) is 0 Å². The normalized spacial score (nSPS) is 10.4. The van der Waals surface area contributed by atoms with Crippen LogP contribution in [0.3, 0.4) is 0 Å². The van der Waals surface area contributed by atoms with Crippen molar-refractivity contribution in [1.82, 2.24) is 5.32 Å². The number of alkyl halides is 1. The second kappa shape index (κ2) is 5.99. The Kier molecular flexibility index (Phi) is 4.92. The summed E-state index contributed by atoms with van der Waals surface area (Å²) in [6, 6.07) is 4.24. The number of hydrogen-bond donors (Lipinski definition) is 1. The average molecular weight is 228 g/mol. The van der Waals surface area contributed by atoms with E-state index in [1.54, 1.807) is 7.11 Å². The van der Waals surface area contributed by atoms with Crippen molar-refractivity contribution in [1.29, 1.82) is 0 Å². The van der Waals surface area contributed by atoms with Gasteiger partial charge in [0.1, 0.15) is 5.75 Å². The van der Waals surface area contributed by atoms with Crippen LogP contribution in [0, 0.1) is 13.8 Å². The third-order valence-corrected chi connectivity index (χ3v) is 2.63. The fourth-order valence-corrected chi connectivity index (χ4v) is 1.68. The molecule has 2 nitrogen and oxygen atoms in total. The Labute approximate surface area is 96.6 Å². The molecule has 1 rings (SSSR count). The number of hydrogen-bond acceptors (Lipinski definition) is 2. The van der Waals surface area contributed by atoms with Crippen molar-refractivity contribution in [2.75, 3.05) is 19.5 Å². The molecule has 1 aromatic rings. The van der Waals surface area contributed by atoms with Gasteiger partial charge >= 0.3 is 0 Å². The smallest absolute Gasteiger partial charge is 0.122 e. The molecular formula is C12H18ClNO. The number of ether oxygens (including phenoxy) is 1. The van der Waals surface area contributed by atoms with E-state index in [1.807, 2.05) is 0 Å². The molecule has 1 N–H and O–H groups in total. The number of benzene rings is 1. The average Bonchev–Trinajstić information content (AvgIpc) is 2.23. The second-order valence-electron chi connectivity index (χ2n) is 3.61. The number of aryl methyl sites for hydroxylation is 2. The first-order valence-electron chi connectivity index (χ1n) is 5.09. The highest BCUT2D eigenvalue weighted by molar-refractivity contribution is 6.18. The van der Waals surface area contributed by atoms with E-state index in [-0.39, 0.29) is 0 Å². The van der Waals surface area contributed by atoms with Gasteiger partial charge in [-0.15, -0.1) is 11.6 Å². The standard InChI is InChI=1S/C12H18ClNO/c1-9-7-12(15-3)10(2)6-11(9)8-14-5-4-13/h6-7,14H,4-5,8H2,1-3H3. The van der Waals surface area contributed by atoms with Crippen LogP contribution in [0.15, 0.2) is 12.1 Å². The van der Waals surface area contributed by atoms with Gasteiger partial charge in [-0.1, -0.05) is 6.07 Å². The summed E-state index contributed by atoms with van der Waals surface area (Å²) in [5.74, 6) is 1.60. The molecule has 0 aliphatic heterocycles. The molecule has 0 amide bonds. The molecule has 15 heavy (non-hydrogen) atoms. The molecule has 0 heterocycles.